The fraction of sp³-hybridized carbons (Fsp3) is 0.312. The molecule has 20 heavy (non-hydrogen) atoms. The van der Waals surface area contributed by atoms with Crippen LogP contribution in [0.4, 0.5) is 0 Å². The molecule has 1 atom stereocenters. The normalized spacial score (nSPS) is 12.2. The van der Waals surface area contributed by atoms with Gasteiger partial charge in [-0.2, -0.15) is 0 Å². The van der Waals surface area contributed by atoms with Crippen molar-refractivity contribution in [3.63, 3.8) is 0 Å². The second-order valence-electron chi connectivity index (χ2n) is 5.03. The van der Waals surface area contributed by atoms with Gasteiger partial charge in [0.15, 0.2) is 0 Å². The predicted octanol–water partition coefficient (Wildman–Crippen LogP) is 2.57. The van der Waals surface area contributed by atoms with E-state index in [9.17, 15) is 0 Å². The van der Waals surface area contributed by atoms with Gasteiger partial charge in [-0.15, -0.1) is 0 Å². The van der Waals surface area contributed by atoms with Crippen LogP contribution in [0.2, 0.25) is 0 Å². The number of hydrogen-bond acceptors (Lipinski definition) is 4. The quantitative estimate of drug-likeness (QED) is 0.663. The Hall–Kier alpha value is -1.91. The average Bonchev–Trinajstić information content (AvgIpc) is 2.41. The van der Waals surface area contributed by atoms with Crippen LogP contribution in [0.15, 0.2) is 30.5 Å². The Bertz CT molecular complexity index is 611. The molecule has 0 aliphatic carbocycles. The summed E-state index contributed by atoms with van der Waals surface area (Å²) in [6.07, 6.45) is 1.80. The number of ether oxygens (including phenoxy) is 1. The highest BCUT2D eigenvalue weighted by Gasteiger charge is 2.20. The summed E-state index contributed by atoms with van der Waals surface area (Å²) in [5.74, 6) is 6.64. The van der Waals surface area contributed by atoms with Crippen LogP contribution in [0, 0.1) is 20.8 Å². The topological polar surface area (TPSA) is 60.2 Å². The molecule has 0 fully saturated rings. The molecule has 1 heterocycles. The Morgan fingerprint density at radius 1 is 1.20 bits per heavy atom. The summed E-state index contributed by atoms with van der Waals surface area (Å²) in [7, 11) is 1.68. The molecule has 0 aliphatic heterocycles. The summed E-state index contributed by atoms with van der Waals surface area (Å²) in [6.45, 7) is 6.10. The van der Waals surface area contributed by atoms with Crippen LogP contribution >= 0.6 is 0 Å². The van der Waals surface area contributed by atoms with E-state index in [1.165, 1.54) is 5.56 Å². The number of benzene rings is 1. The minimum atomic E-state index is -0.118. The van der Waals surface area contributed by atoms with Crippen LogP contribution in [0.3, 0.4) is 0 Å². The number of hydrogen-bond donors (Lipinski definition) is 2. The van der Waals surface area contributed by atoms with E-state index in [4.69, 9.17) is 10.6 Å². The first-order chi connectivity index (χ1) is 9.56. The van der Waals surface area contributed by atoms with E-state index in [-0.39, 0.29) is 6.04 Å². The van der Waals surface area contributed by atoms with E-state index in [2.05, 4.69) is 30.3 Å². The highest BCUT2D eigenvalue weighted by Crippen LogP contribution is 2.33. The number of aryl methyl sites for hydroxylation is 3. The van der Waals surface area contributed by atoms with Crippen molar-refractivity contribution in [2.75, 3.05) is 7.11 Å². The molecule has 3 N–H and O–H groups in total. The Labute approximate surface area is 120 Å². The highest BCUT2D eigenvalue weighted by atomic mass is 16.5. The van der Waals surface area contributed by atoms with Crippen molar-refractivity contribution in [3.05, 3.63) is 58.4 Å². The van der Waals surface area contributed by atoms with Crippen LogP contribution < -0.4 is 16.0 Å². The van der Waals surface area contributed by atoms with Crippen molar-refractivity contribution in [2.24, 2.45) is 5.84 Å². The van der Waals surface area contributed by atoms with Crippen LogP contribution in [0.25, 0.3) is 0 Å². The third kappa shape index (κ3) is 2.81. The molecular weight excluding hydrogens is 250 g/mol. The summed E-state index contributed by atoms with van der Waals surface area (Å²) in [5, 5.41) is 0. The second-order valence-corrected chi connectivity index (χ2v) is 5.03. The molecule has 0 radical (unpaired) electrons. The lowest BCUT2D eigenvalue weighted by molar-refractivity contribution is 0.403. The van der Waals surface area contributed by atoms with Gasteiger partial charge in [0.25, 0.3) is 0 Å². The molecular formula is C16H21N3O. The van der Waals surface area contributed by atoms with Crippen molar-refractivity contribution >= 4 is 0 Å². The molecule has 0 saturated heterocycles. The third-order valence-electron chi connectivity index (χ3n) is 3.42. The van der Waals surface area contributed by atoms with Gasteiger partial charge in [0.2, 0.25) is 0 Å². The lowest BCUT2D eigenvalue weighted by Gasteiger charge is -2.22. The molecule has 0 amide bonds. The molecule has 4 heteroatoms. The van der Waals surface area contributed by atoms with Gasteiger partial charge in [0.05, 0.1) is 13.2 Å². The molecule has 106 valence electrons. The number of nitrogens with two attached hydrogens (primary N) is 1. The summed E-state index contributed by atoms with van der Waals surface area (Å²) >= 11 is 0. The predicted molar refractivity (Wildman–Crippen MR) is 80.6 cm³/mol. The third-order valence-corrected chi connectivity index (χ3v) is 3.42. The van der Waals surface area contributed by atoms with Crippen LogP contribution in [0.5, 0.6) is 5.75 Å². The molecule has 0 saturated carbocycles. The first-order valence-electron chi connectivity index (χ1n) is 6.60. The van der Waals surface area contributed by atoms with Gasteiger partial charge in [-0.1, -0.05) is 6.07 Å². The Morgan fingerprint density at radius 2 is 1.95 bits per heavy atom. The maximum absolute atomic E-state index is 5.79. The minimum Gasteiger partial charge on any atom is -0.496 e. The van der Waals surface area contributed by atoms with Gasteiger partial charge in [0.1, 0.15) is 5.75 Å². The summed E-state index contributed by atoms with van der Waals surface area (Å²) < 4.78 is 5.53. The number of nitrogens with one attached hydrogen (secondary N) is 1. The fourth-order valence-electron chi connectivity index (χ4n) is 2.57. The molecule has 2 aromatic rings. The minimum absolute atomic E-state index is 0.118. The van der Waals surface area contributed by atoms with Crippen molar-refractivity contribution in [3.8, 4) is 5.75 Å². The Balaban J connectivity index is 2.57. The second kappa shape index (κ2) is 6.03. The number of rotatable bonds is 4. The van der Waals surface area contributed by atoms with E-state index in [0.29, 0.717) is 0 Å². The zero-order valence-corrected chi connectivity index (χ0v) is 12.4. The lowest BCUT2D eigenvalue weighted by Crippen LogP contribution is -2.30. The van der Waals surface area contributed by atoms with Crippen molar-refractivity contribution < 1.29 is 4.74 Å². The maximum Gasteiger partial charge on any atom is 0.124 e. The van der Waals surface area contributed by atoms with E-state index in [1.54, 1.807) is 13.3 Å². The van der Waals surface area contributed by atoms with E-state index < -0.39 is 0 Å². The van der Waals surface area contributed by atoms with Crippen LogP contribution in [0.1, 0.15) is 34.0 Å². The summed E-state index contributed by atoms with van der Waals surface area (Å²) in [4.78, 5) is 4.23. The van der Waals surface area contributed by atoms with Gasteiger partial charge >= 0.3 is 0 Å². The maximum atomic E-state index is 5.79. The molecule has 0 aliphatic rings. The Kier molecular flexibility index (Phi) is 4.37. The molecule has 0 bridgehead atoms. The summed E-state index contributed by atoms with van der Waals surface area (Å²) in [5.41, 5.74) is 8.31. The average molecular weight is 271 g/mol. The van der Waals surface area contributed by atoms with Crippen LogP contribution in [-0.2, 0) is 0 Å². The molecule has 2 rings (SSSR count). The lowest BCUT2D eigenvalue weighted by atomic mass is 9.93. The molecule has 0 spiro atoms. The first kappa shape index (κ1) is 14.5. The highest BCUT2D eigenvalue weighted by molar-refractivity contribution is 5.48. The molecule has 1 aromatic heterocycles. The summed E-state index contributed by atoms with van der Waals surface area (Å²) in [6, 6.07) is 8.04. The van der Waals surface area contributed by atoms with Gasteiger partial charge in [-0.25, -0.2) is 5.43 Å². The zero-order chi connectivity index (χ0) is 14.7. The molecule has 1 aromatic carbocycles. The molecule has 4 nitrogen and oxygen atoms in total. The van der Waals surface area contributed by atoms with Gasteiger partial charge < -0.3 is 4.74 Å². The number of nitrogens with zero attached hydrogens (tertiary/aromatic N) is 1. The number of aromatic nitrogens is 1. The van der Waals surface area contributed by atoms with Gasteiger partial charge in [-0.3, -0.25) is 10.8 Å². The number of hydrazine groups is 1. The van der Waals surface area contributed by atoms with Gasteiger partial charge in [-0.05, 0) is 55.7 Å². The Morgan fingerprint density at radius 3 is 2.55 bits per heavy atom. The van der Waals surface area contributed by atoms with E-state index in [0.717, 1.165) is 28.1 Å². The van der Waals surface area contributed by atoms with E-state index in [1.807, 2.05) is 25.1 Å². The zero-order valence-electron chi connectivity index (χ0n) is 12.4. The number of pyridine rings is 1. The SMILES string of the molecule is COc1cc(C)cc(C)c1C(NN)c1ccnc(C)c1. The first-order valence-corrected chi connectivity index (χ1v) is 6.60. The standard InChI is InChI=1S/C16H21N3O/c1-10-7-11(2)15(14(8-10)20-4)16(19-17)13-5-6-18-12(3)9-13/h5-9,16,19H,17H2,1-4H3. The van der Waals surface area contributed by atoms with Crippen molar-refractivity contribution in [1.82, 2.24) is 10.4 Å². The largest absolute Gasteiger partial charge is 0.496 e. The van der Waals surface area contributed by atoms with Crippen molar-refractivity contribution in [2.45, 2.75) is 26.8 Å². The monoisotopic (exact) mass is 271 g/mol. The molecule has 1 unspecified atom stereocenters. The fourth-order valence-corrected chi connectivity index (χ4v) is 2.57. The van der Waals surface area contributed by atoms with Gasteiger partial charge in [0, 0.05) is 17.5 Å². The van der Waals surface area contributed by atoms with Crippen molar-refractivity contribution in [1.29, 1.82) is 0 Å². The van der Waals surface area contributed by atoms with E-state index >= 15 is 0 Å². The smallest absolute Gasteiger partial charge is 0.124 e. The van der Waals surface area contributed by atoms with Crippen LogP contribution in [-0.4, -0.2) is 12.1 Å². The number of methoxy groups -OCH3 is 1.